The molecule has 0 aliphatic rings. The summed E-state index contributed by atoms with van der Waals surface area (Å²) >= 11 is 1.66. The smallest absolute Gasteiger partial charge is 0.306 e. The summed E-state index contributed by atoms with van der Waals surface area (Å²) in [5.41, 5.74) is 4.39. The molecule has 1 amide bonds. The van der Waals surface area contributed by atoms with Crippen LogP contribution in [0, 0.1) is 6.92 Å². The Morgan fingerprint density at radius 2 is 2.11 bits per heavy atom. The Kier molecular flexibility index (Phi) is 5.96. The lowest BCUT2D eigenvalue weighted by Gasteiger charge is -2.12. The van der Waals surface area contributed by atoms with Gasteiger partial charge in [-0.15, -0.1) is 11.3 Å². The summed E-state index contributed by atoms with van der Waals surface area (Å²) in [7, 11) is 0. The largest absolute Gasteiger partial charge is 0.453 e. The van der Waals surface area contributed by atoms with Crippen molar-refractivity contribution in [2.24, 2.45) is 0 Å². The second-order valence-electron chi connectivity index (χ2n) is 6.53. The van der Waals surface area contributed by atoms with Crippen molar-refractivity contribution >= 4 is 34.1 Å². The number of carbonyl (C=O) groups excluding carboxylic acids is 2. The van der Waals surface area contributed by atoms with Gasteiger partial charge in [0.2, 0.25) is 0 Å². The fraction of sp³-hybridized carbons (Fsp3) is 0.333. The number of benzene rings is 1. The molecule has 2 aromatic heterocycles. The minimum absolute atomic E-state index is 0.225. The molecule has 0 unspecified atom stereocenters. The quantitative estimate of drug-likeness (QED) is 0.600. The van der Waals surface area contributed by atoms with Gasteiger partial charge in [0.25, 0.3) is 5.91 Å². The summed E-state index contributed by atoms with van der Waals surface area (Å²) < 4.78 is 5.27. The van der Waals surface area contributed by atoms with E-state index in [0.29, 0.717) is 13.0 Å². The van der Waals surface area contributed by atoms with E-state index in [0.717, 1.165) is 27.0 Å². The SMILES string of the molecule is CCNC(=O)[C@@H](C)OC(=O)CCc1c(-c2cccs2)[nH]c2ccc(C)cc12. The molecule has 6 heteroatoms. The van der Waals surface area contributed by atoms with Gasteiger partial charge in [0, 0.05) is 23.9 Å². The molecule has 2 heterocycles. The normalized spacial score (nSPS) is 12.1. The van der Waals surface area contributed by atoms with E-state index in [-0.39, 0.29) is 18.3 Å². The van der Waals surface area contributed by atoms with Crippen molar-refractivity contribution in [1.29, 1.82) is 0 Å². The molecule has 142 valence electrons. The van der Waals surface area contributed by atoms with Gasteiger partial charge in [-0.05, 0) is 56.3 Å². The van der Waals surface area contributed by atoms with Gasteiger partial charge in [0.05, 0.1) is 10.6 Å². The third-order valence-electron chi connectivity index (χ3n) is 4.44. The maximum Gasteiger partial charge on any atom is 0.306 e. The second-order valence-corrected chi connectivity index (χ2v) is 7.48. The predicted molar refractivity (Wildman–Crippen MR) is 109 cm³/mol. The van der Waals surface area contributed by atoms with Crippen molar-refractivity contribution in [2.45, 2.75) is 39.7 Å². The molecule has 0 saturated heterocycles. The molecule has 3 rings (SSSR count). The van der Waals surface area contributed by atoms with Crippen molar-refractivity contribution in [3.05, 3.63) is 46.8 Å². The van der Waals surface area contributed by atoms with Gasteiger partial charge in [-0.25, -0.2) is 0 Å². The van der Waals surface area contributed by atoms with Crippen molar-refractivity contribution < 1.29 is 14.3 Å². The zero-order chi connectivity index (χ0) is 19.4. The van der Waals surface area contributed by atoms with E-state index in [1.807, 2.05) is 18.4 Å². The topological polar surface area (TPSA) is 71.2 Å². The zero-order valence-corrected chi connectivity index (χ0v) is 16.6. The highest BCUT2D eigenvalue weighted by Crippen LogP contribution is 2.34. The van der Waals surface area contributed by atoms with Gasteiger partial charge in [-0.1, -0.05) is 17.7 Å². The first-order valence-corrected chi connectivity index (χ1v) is 9.99. The van der Waals surface area contributed by atoms with Crippen molar-refractivity contribution in [3.63, 3.8) is 0 Å². The molecular formula is C21H24N2O3S. The van der Waals surface area contributed by atoms with Gasteiger partial charge in [0.15, 0.2) is 6.10 Å². The standard InChI is InChI=1S/C21H24N2O3S/c1-4-22-21(25)14(3)26-19(24)10-8-15-16-12-13(2)7-9-17(16)23-20(15)18-6-5-11-27-18/h5-7,9,11-12,14,23H,4,8,10H2,1-3H3,(H,22,25)/t14-/m1/s1. The van der Waals surface area contributed by atoms with E-state index in [9.17, 15) is 9.59 Å². The van der Waals surface area contributed by atoms with E-state index in [2.05, 4.69) is 41.5 Å². The van der Waals surface area contributed by atoms with Crippen LogP contribution in [-0.2, 0) is 20.7 Å². The lowest BCUT2D eigenvalue weighted by atomic mass is 10.0. The van der Waals surface area contributed by atoms with Gasteiger partial charge >= 0.3 is 5.97 Å². The van der Waals surface area contributed by atoms with Gasteiger partial charge in [0.1, 0.15) is 0 Å². The average Bonchev–Trinajstić information content (AvgIpc) is 3.27. The molecule has 0 radical (unpaired) electrons. The van der Waals surface area contributed by atoms with Crippen LogP contribution in [0.25, 0.3) is 21.5 Å². The van der Waals surface area contributed by atoms with Crippen LogP contribution >= 0.6 is 11.3 Å². The lowest BCUT2D eigenvalue weighted by Crippen LogP contribution is -2.35. The molecule has 27 heavy (non-hydrogen) atoms. The Hall–Kier alpha value is -2.60. The number of hydrogen-bond donors (Lipinski definition) is 2. The Bertz CT molecular complexity index is 944. The number of hydrogen-bond acceptors (Lipinski definition) is 4. The average molecular weight is 385 g/mol. The number of aryl methyl sites for hydroxylation is 2. The molecule has 5 nitrogen and oxygen atoms in total. The fourth-order valence-electron chi connectivity index (χ4n) is 3.11. The third-order valence-corrected chi connectivity index (χ3v) is 5.32. The van der Waals surface area contributed by atoms with Crippen LogP contribution in [0.2, 0.25) is 0 Å². The minimum atomic E-state index is -0.778. The van der Waals surface area contributed by atoms with Crippen LogP contribution in [0.4, 0.5) is 0 Å². The molecule has 1 aromatic carbocycles. The number of nitrogens with one attached hydrogen (secondary N) is 2. The summed E-state index contributed by atoms with van der Waals surface area (Å²) in [5.74, 6) is -0.638. The summed E-state index contributed by atoms with van der Waals surface area (Å²) in [6.45, 7) is 6.00. The van der Waals surface area contributed by atoms with Gasteiger partial charge in [-0.2, -0.15) is 0 Å². The minimum Gasteiger partial charge on any atom is -0.453 e. The Labute approximate surface area is 162 Å². The van der Waals surface area contributed by atoms with Crippen LogP contribution in [0.15, 0.2) is 35.7 Å². The number of thiophene rings is 1. The molecular weight excluding hydrogens is 360 g/mol. The first kappa shape index (κ1) is 19.2. The summed E-state index contributed by atoms with van der Waals surface area (Å²) in [4.78, 5) is 28.6. The number of amides is 1. The highest BCUT2D eigenvalue weighted by Gasteiger charge is 2.19. The highest BCUT2D eigenvalue weighted by molar-refractivity contribution is 7.13. The number of fused-ring (bicyclic) bond motifs is 1. The highest BCUT2D eigenvalue weighted by atomic mass is 32.1. The van der Waals surface area contributed by atoms with Crippen molar-refractivity contribution in [3.8, 4) is 10.6 Å². The number of H-pyrrole nitrogens is 1. The first-order chi connectivity index (χ1) is 13.0. The Morgan fingerprint density at radius 3 is 2.81 bits per heavy atom. The molecule has 0 fully saturated rings. The Morgan fingerprint density at radius 1 is 1.30 bits per heavy atom. The molecule has 0 spiro atoms. The van der Waals surface area contributed by atoms with E-state index in [1.54, 1.807) is 18.3 Å². The van der Waals surface area contributed by atoms with Gasteiger partial charge in [-0.3, -0.25) is 9.59 Å². The zero-order valence-electron chi connectivity index (χ0n) is 15.8. The molecule has 0 bridgehead atoms. The summed E-state index contributed by atoms with van der Waals surface area (Å²) in [6.07, 6.45) is 0.000119. The number of carbonyl (C=O) groups is 2. The monoisotopic (exact) mass is 384 g/mol. The predicted octanol–water partition coefficient (Wildman–Crippen LogP) is 4.21. The Balaban J connectivity index is 1.79. The molecule has 1 atom stereocenters. The van der Waals surface area contributed by atoms with Crippen molar-refractivity contribution in [2.75, 3.05) is 6.54 Å². The molecule has 0 aliphatic heterocycles. The maximum absolute atomic E-state index is 12.2. The van der Waals surface area contributed by atoms with Gasteiger partial charge < -0.3 is 15.0 Å². The summed E-state index contributed by atoms with van der Waals surface area (Å²) in [6, 6.07) is 10.4. The number of esters is 1. The lowest BCUT2D eigenvalue weighted by molar-refractivity contribution is -0.154. The number of aromatic nitrogens is 1. The van der Waals surface area contributed by atoms with Crippen LogP contribution in [-0.4, -0.2) is 29.5 Å². The van der Waals surface area contributed by atoms with Crippen LogP contribution in [0.5, 0.6) is 0 Å². The summed E-state index contributed by atoms with van der Waals surface area (Å²) in [5, 5.41) is 5.83. The number of ether oxygens (including phenoxy) is 1. The number of likely N-dealkylation sites (N-methyl/N-ethyl adjacent to an activating group) is 1. The van der Waals surface area contributed by atoms with Crippen LogP contribution < -0.4 is 5.32 Å². The third kappa shape index (κ3) is 4.39. The fourth-order valence-corrected chi connectivity index (χ4v) is 3.86. The number of aromatic amines is 1. The number of rotatable bonds is 7. The van der Waals surface area contributed by atoms with Crippen molar-refractivity contribution in [1.82, 2.24) is 10.3 Å². The molecule has 3 aromatic rings. The van der Waals surface area contributed by atoms with E-state index in [4.69, 9.17) is 4.74 Å². The van der Waals surface area contributed by atoms with E-state index in [1.165, 1.54) is 5.56 Å². The molecule has 2 N–H and O–H groups in total. The van der Waals surface area contributed by atoms with E-state index >= 15 is 0 Å². The molecule has 0 aliphatic carbocycles. The first-order valence-electron chi connectivity index (χ1n) is 9.12. The van der Waals surface area contributed by atoms with Crippen LogP contribution in [0.3, 0.4) is 0 Å². The molecule has 0 saturated carbocycles. The van der Waals surface area contributed by atoms with E-state index < -0.39 is 6.10 Å². The van der Waals surface area contributed by atoms with Crippen LogP contribution in [0.1, 0.15) is 31.4 Å². The second kappa shape index (κ2) is 8.39. The maximum atomic E-state index is 12.2.